The first kappa shape index (κ1) is 34.1. The normalized spacial score (nSPS) is 14.9. The lowest BCUT2D eigenvalue weighted by molar-refractivity contribution is -0.143. The molecule has 6 rings (SSSR count). The molecule has 2 atom stereocenters. The van der Waals surface area contributed by atoms with Gasteiger partial charge in [-0.2, -0.15) is 23.3 Å². The van der Waals surface area contributed by atoms with Gasteiger partial charge in [0, 0.05) is 23.7 Å². The number of ether oxygens (including phenoxy) is 1. The zero-order valence-electron chi connectivity index (χ0n) is 26.6. The highest BCUT2D eigenvalue weighted by Gasteiger charge is 2.34. The highest BCUT2D eigenvalue weighted by molar-refractivity contribution is 6.30. The number of benzene rings is 4. The summed E-state index contributed by atoms with van der Waals surface area (Å²) in [4.78, 5) is 35.8. The molecule has 1 aromatic heterocycles. The van der Waals surface area contributed by atoms with Crippen molar-refractivity contribution >= 4 is 41.0 Å². The van der Waals surface area contributed by atoms with Gasteiger partial charge in [0.2, 0.25) is 5.95 Å². The van der Waals surface area contributed by atoms with E-state index in [1.54, 1.807) is 47.5 Å². The van der Waals surface area contributed by atoms with Crippen molar-refractivity contribution in [3.05, 3.63) is 154 Å². The Balaban J connectivity index is 1.37. The molecule has 4 aromatic carbocycles. The Morgan fingerprint density at radius 2 is 1.60 bits per heavy atom. The summed E-state index contributed by atoms with van der Waals surface area (Å²) in [6.07, 6.45) is -3.13. The Labute approximate surface area is 290 Å². The first-order valence-electron chi connectivity index (χ1n) is 15.5. The second-order valence-corrected chi connectivity index (χ2v) is 11.8. The second-order valence-electron chi connectivity index (χ2n) is 11.4. The van der Waals surface area contributed by atoms with E-state index in [9.17, 15) is 22.8 Å². The Kier molecular flexibility index (Phi) is 10.1. The lowest BCUT2D eigenvalue weighted by Gasteiger charge is -2.21. The molecule has 0 radical (unpaired) electrons. The van der Waals surface area contributed by atoms with Crippen LogP contribution in [0, 0.1) is 0 Å². The molecule has 0 saturated heterocycles. The van der Waals surface area contributed by atoms with Gasteiger partial charge in [0.05, 0.1) is 24.9 Å². The van der Waals surface area contributed by atoms with Gasteiger partial charge in [0.15, 0.2) is 11.9 Å². The molecule has 2 heterocycles. The summed E-state index contributed by atoms with van der Waals surface area (Å²) in [6.45, 7) is 0.407. The van der Waals surface area contributed by atoms with Crippen molar-refractivity contribution in [3.8, 4) is 0 Å². The van der Waals surface area contributed by atoms with Crippen LogP contribution in [-0.2, 0) is 22.3 Å². The van der Waals surface area contributed by atoms with Crippen LogP contribution in [0.5, 0.6) is 0 Å². The Bertz CT molecular complexity index is 1990. The molecular formula is C37H30ClF3N6O3. The molecule has 5 aromatic rings. The quantitative estimate of drug-likeness (QED) is 0.146. The van der Waals surface area contributed by atoms with Gasteiger partial charge in [-0.25, -0.2) is 14.8 Å². The number of alkyl halides is 3. The number of aromatic nitrogens is 2. The largest absolute Gasteiger partial charge is 0.467 e. The molecule has 0 fully saturated rings. The summed E-state index contributed by atoms with van der Waals surface area (Å²) in [7, 11) is 1.23. The summed E-state index contributed by atoms with van der Waals surface area (Å²) in [5.41, 5.74) is 2.87. The zero-order chi connectivity index (χ0) is 35.3. The maximum atomic E-state index is 14.0. The van der Waals surface area contributed by atoms with Crippen LogP contribution in [0.25, 0.3) is 0 Å². The number of nitrogens with zero attached hydrogens (tertiary/aromatic N) is 4. The fourth-order valence-electron chi connectivity index (χ4n) is 5.52. The monoisotopic (exact) mass is 698 g/mol. The van der Waals surface area contributed by atoms with Gasteiger partial charge in [-0.1, -0.05) is 96.5 Å². The van der Waals surface area contributed by atoms with E-state index in [2.05, 4.69) is 20.6 Å². The van der Waals surface area contributed by atoms with Crippen molar-refractivity contribution in [1.82, 2.24) is 15.3 Å². The summed E-state index contributed by atoms with van der Waals surface area (Å²) in [5.74, 6) is -1.29. The predicted molar refractivity (Wildman–Crippen MR) is 184 cm³/mol. The third-order valence-electron chi connectivity index (χ3n) is 8.09. The van der Waals surface area contributed by atoms with Gasteiger partial charge in [0.1, 0.15) is 5.56 Å². The minimum absolute atomic E-state index is 0.0304. The maximum absolute atomic E-state index is 14.0. The van der Waals surface area contributed by atoms with E-state index >= 15 is 0 Å². The summed E-state index contributed by atoms with van der Waals surface area (Å²) in [6, 6.07) is 29.3. The average Bonchev–Trinajstić information content (AvgIpc) is 3.59. The van der Waals surface area contributed by atoms with E-state index in [0.717, 1.165) is 23.3 Å². The number of rotatable bonds is 10. The number of carbonyl (C=O) groups excluding carboxylic acids is 2. The molecule has 254 valence electrons. The molecule has 1 amide bonds. The van der Waals surface area contributed by atoms with Crippen molar-refractivity contribution < 1.29 is 27.5 Å². The minimum atomic E-state index is -4.45. The number of hydrogen-bond acceptors (Lipinski definition) is 8. The first-order valence-corrected chi connectivity index (χ1v) is 15.9. The van der Waals surface area contributed by atoms with Crippen LogP contribution in [0.3, 0.4) is 0 Å². The Morgan fingerprint density at radius 3 is 2.24 bits per heavy atom. The summed E-state index contributed by atoms with van der Waals surface area (Å²) in [5, 5.41) is 12.9. The van der Waals surface area contributed by atoms with Gasteiger partial charge in [-0.3, -0.25) is 4.79 Å². The summed E-state index contributed by atoms with van der Waals surface area (Å²) >= 11 is 6.19. The second kappa shape index (κ2) is 14.8. The number of hydrazone groups is 1. The van der Waals surface area contributed by atoms with Gasteiger partial charge in [0.25, 0.3) is 5.91 Å². The summed E-state index contributed by atoms with van der Waals surface area (Å²) < 4.78 is 44.2. The van der Waals surface area contributed by atoms with Crippen molar-refractivity contribution in [2.75, 3.05) is 24.0 Å². The average molecular weight is 699 g/mol. The third-order valence-corrected chi connectivity index (χ3v) is 8.34. The highest BCUT2D eigenvalue weighted by Crippen LogP contribution is 2.34. The number of esters is 1. The SMILES string of the molecule is COC(=O)[C@@H](NC(=O)c1cnc(NCc2ccc(C(F)(F)F)cc2)nc1N1CC(c2ccccc2)C(c2ccc(Cl)cc2)=N1)c1ccccc1. The molecule has 0 spiro atoms. The van der Waals surface area contributed by atoms with E-state index in [4.69, 9.17) is 21.4 Å². The molecule has 50 heavy (non-hydrogen) atoms. The third kappa shape index (κ3) is 7.76. The molecule has 1 aliphatic heterocycles. The number of anilines is 2. The number of nitrogens with one attached hydrogen (secondary N) is 2. The highest BCUT2D eigenvalue weighted by atomic mass is 35.5. The van der Waals surface area contributed by atoms with Crippen LogP contribution in [0.2, 0.25) is 5.02 Å². The Hall–Kier alpha value is -5.75. The molecule has 13 heteroatoms. The first-order chi connectivity index (χ1) is 24.1. The molecule has 9 nitrogen and oxygen atoms in total. The minimum Gasteiger partial charge on any atom is -0.467 e. The van der Waals surface area contributed by atoms with E-state index in [0.29, 0.717) is 28.4 Å². The van der Waals surface area contributed by atoms with Crippen molar-refractivity contribution in [3.63, 3.8) is 0 Å². The van der Waals surface area contributed by atoms with Crippen LogP contribution >= 0.6 is 11.6 Å². The van der Waals surface area contributed by atoms with Gasteiger partial charge >= 0.3 is 12.1 Å². The van der Waals surface area contributed by atoms with Crippen molar-refractivity contribution in [1.29, 1.82) is 0 Å². The van der Waals surface area contributed by atoms with Crippen molar-refractivity contribution in [2.45, 2.75) is 24.7 Å². The lowest BCUT2D eigenvalue weighted by atomic mass is 9.90. The molecule has 1 aliphatic rings. The van der Waals surface area contributed by atoms with E-state index < -0.39 is 29.7 Å². The number of amides is 1. The topological polar surface area (TPSA) is 109 Å². The molecule has 0 saturated carbocycles. The van der Waals surface area contributed by atoms with Gasteiger partial charge in [-0.15, -0.1) is 0 Å². The van der Waals surface area contributed by atoms with E-state index in [-0.39, 0.29) is 29.8 Å². The van der Waals surface area contributed by atoms with Crippen LogP contribution in [-0.4, -0.2) is 41.2 Å². The number of methoxy groups -OCH3 is 1. The predicted octanol–water partition coefficient (Wildman–Crippen LogP) is 7.41. The fourth-order valence-corrected chi connectivity index (χ4v) is 5.65. The van der Waals surface area contributed by atoms with Crippen LogP contribution in [0.15, 0.2) is 120 Å². The van der Waals surface area contributed by atoms with Crippen molar-refractivity contribution in [2.24, 2.45) is 5.10 Å². The van der Waals surface area contributed by atoms with E-state index in [1.165, 1.54) is 25.4 Å². The van der Waals surface area contributed by atoms with Gasteiger partial charge in [-0.05, 0) is 46.5 Å². The molecular weight excluding hydrogens is 669 g/mol. The Morgan fingerprint density at radius 1 is 0.940 bits per heavy atom. The van der Waals surface area contributed by atoms with Crippen LogP contribution in [0.1, 0.15) is 50.1 Å². The maximum Gasteiger partial charge on any atom is 0.416 e. The van der Waals surface area contributed by atoms with Crippen LogP contribution in [0.4, 0.5) is 24.9 Å². The zero-order valence-corrected chi connectivity index (χ0v) is 27.3. The number of halogens is 4. The molecule has 0 aliphatic carbocycles. The lowest BCUT2D eigenvalue weighted by Crippen LogP contribution is -2.35. The molecule has 2 N–H and O–H groups in total. The number of hydrogen-bond donors (Lipinski definition) is 2. The number of carbonyl (C=O) groups is 2. The fraction of sp³-hybridized carbons (Fsp3) is 0.162. The molecule has 1 unspecified atom stereocenters. The van der Waals surface area contributed by atoms with Crippen LogP contribution < -0.4 is 15.6 Å². The molecule has 0 bridgehead atoms. The van der Waals surface area contributed by atoms with Gasteiger partial charge < -0.3 is 15.4 Å². The van der Waals surface area contributed by atoms with E-state index in [1.807, 2.05) is 42.5 Å². The smallest absolute Gasteiger partial charge is 0.416 e. The standard InChI is InChI=1S/C37H30ClF3N6O3/c1-50-35(49)32(25-10-6-3-7-11-25)44-34(48)29-21-43-36(42-20-23-12-16-27(17-13-23)37(39,40)41)45-33(29)47-22-30(24-8-4-2-5-9-24)31(46-47)26-14-18-28(38)19-15-26/h2-19,21,30,32H,20,22H2,1H3,(H,44,48)(H,42,43,45)/t30?,32-/m0/s1.